The van der Waals surface area contributed by atoms with Gasteiger partial charge in [-0.2, -0.15) is 0 Å². The fourth-order valence-corrected chi connectivity index (χ4v) is 0.874. The summed E-state index contributed by atoms with van der Waals surface area (Å²) in [4.78, 5) is 10.4. The highest BCUT2D eigenvalue weighted by Crippen LogP contribution is 2.19. The molecule has 4 heteroatoms. The van der Waals surface area contributed by atoms with E-state index in [0.717, 1.165) is 0 Å². The Balaban J connectivity index is 2.45. The maximum Gasteiger partial charge on any atom is 0.220 e. The molecular formula is C9H12N2O2. The molecule has 0 aromatic heterocycles. The van der Waals surface area contributed by atoms with Crippen molar-refractivity contribution in [3.05, 3.63) is 24.3 Å². The second kappa shape index (κ2) is 4.35. The zero-order valence-corrected chi connectivity index (χ0v) is 7.19. The number of hydrogen-bond donors (Lipinski definition) is 2. The lowest BCUT2D eigenvalue weighted by molar-refractivity contribution is -0.118. The summed E-state index contributed by atoms with van der Waals surface area (Å²) in [6, 6.07) is 7.11. The number of nitrogens with two attached hydrogens (primary N) is 2. The monoisotopic (exact) mass is 180 g/mol. The van der Waals surface area contributed by atoms with Crippen molar-refractivity contribution in [1.29, 1.82) is 0 Å². The summed E-state index contributed by atoms with van der Waals surface area (Å²) in [5, 5.41) is 0. The van der Waals surface area contributed by atoms with Crippen LogP contribution in [-0.2, 0) is 4.79 Å². The van der Waals surface area contributed by atoms with Crippen LogP contribution in [0.2, 0.25) is 0 Å². The number of anilines is 1. The number of amides is 1. The average Bonchev–Trinajstić information content (AvgIpc) is 2.08. The molecule has 0 aliphatic carbocycles. The lowest BCUT2D eigenvalue weighted by Crippen LogP contribution is -2.14. The van der Waals surface area contributed by atoms with Gasteiger partial charge in [-0.1, -0.05) is 12.1 Å². The standard InChI is InChI=1S/C9H12N2O2/c10-7-3-1-2-4-8(7)13-6-5-9(11)12/h1-4H,5-6,10H2,(H2,11,12). The van der Waals surface area contributed by atoms with E-state index in [-0.39, 0.29) is 18.9 Å². The van der Waals surface area contributed by atoms with Gasteiger partial charge in [0, 0.05) is 0 Å². The lowest BCUT2D eigenvalue weighted by Gasteiger charge is -2.06. The Morgan fingerprint density at radius 2 is 2.08 bits per heavy atom. The third-order valence-electron chi connectivity index (χ3n) is 1.53. The molecule has 0 fully saturated rings. The van der Waals surface area contributed by atoms with Gasteiger partial charge < -0.3 is 16.2 Å². The highest BCUT2D eigenvalue weighted by atomic mass is 16.5. The zero-order chi connectivity index (χ0) is 9.68. The van der Waals surface area contributed by atoms with Crippen LogP contribution in [0.5, 0.6) is 5.75 Å². The quantitative estimate of drug-likeness (QED) is 0.663. The van der Waals surface area contributed by atoms with Gasteiger partial charge >= 0.3 is 0 Å². The van der Waals surface area contributed by atoms with Crippen LogP contribution >= 0.6 is 0 Å². The van der Waals surface area contributed by atoms with E-state index in [2.05, 4.69) is 0 Å². The highest BCUT2D eigenvalue weighted by Gasteiger charge is 1.99. The van der Waals surface area contributed by atoms with E-state index in [1.165, 1.54) is 0 Å². The summed E-state index contributed by atoms with van der Waals surface area (Å²) in [6.07, 6.45) is 0.203. The molecule has 1 aromatic rings. The zero-order valence-electron chi connectivity index (χ0n) is 7.19. The van der Waals surface area contributed by atoms with Crippen LogP contribution in [0.3, 0.4) is 0 Å². The maximum atomic E-state index is 10.4. The second-order valence-electron chi connectivity index (χ2n) is 2.60. The third kappa shape index (κ3) is 3.02. The summed E-state index contributed by atoms with van der Waals surface area (Å²) < 4.78 is 5.22. The number of carbonyl (C=O) groups excluding carboxylic acids is 1. The molecule has 0 bridgehead atoms. The minimum atomic E-state index is -0.380. The summed E-state index contributed by atoms with van der Waals surface area (Å²) in [6.45, 7) is 0.267. The largest absolute Gasteiger partial charge is 0.491 e. The first-order chi connectivity index (χ1) is 6.20. The number of hydrogen-bond acceptors (Lipinski definition) is 3. The maximum absolute atomic E-state index is 10.4. The Kier molecular flexibility index (Phi) is 3.14. The van der Waals surface area contributed by atoms with Crippen molar-refractivity contribution in [3.8, 4) is 5.75 Å². The van der Waals surface area contributed by atoms with E-state index in [9.17, 15) is 4.79 Å². The number of para-hydroxylation sites is 2. The molecule has 0 aliphatic rings. The molecule has 0 radical (unpaired) electrons. The van der Waals surface area contributed by atoms with Crippen LogP contribution in [0.1, 0.15) is 6.42 Å². The Labute approximate surface area is 76.5 Å². The van der Waals surface area contributed by atoms with Gasteiger partial charge in [-0.05, 0) is 12.1 Å². The molecule has 0 aliphatic heterocycles. The molecule has 1 aromatic carbocycles. The molecule has 1 rings (SSSR count). The predicted octanol–water partition coefficient (Wildman–Crippen LogP) is 0.523. The van der Waals surface area contributed by atoms with Gasteiger partial charge in [0.1, 0.15) is 5.75 Å². The molecule has 13 heavy (non-hydrogen) atoms. The van der Waals surface area contributed by atoms with Crippen molar-refractivity contribution in [1.82, 2.24) is 0 Å². The summed E-state index contributed by atoms with van der Waals surface area (Å²) in [5.41, 5.74) is 11.1. The van der Waals surface area contributed by atoms with Crippen molar-refractivity contribution in [2.45, 2.75) is 6.42 Å². The molecule has 0 heterocycles. The Morgan fingerprint density at radius 1 is 1.38 bits per heavy atom. The van der Waals surface area contributed by atoms with E-state index < -0.39 is 0 Å². The molecule has 1 amide bonds. The van der Waals surface area contributed by atoms with E-state index in [1.54, 1.807) is 12.1 Å². The van der Waals surface area contributed by atoms with Crippen LogP contribution in [0, 0.1) is 0 Å². The van der Waals surface area contributed by atoms with Crippen molar-refractivity contribution in [3.63, 3.8) is 0 Å². The Hall–Kier alpha value is -1.71. The number of primary amides is 1. The first-order valence-electron chi connectivity index (χ1n) is 3.96. The molecule has 4 nitrogen and oxygen atoms in total. The van der Waals surface area contributed by atoms with Crippen LogP contribution in [0.4, 0.5) is 5.69 Å². The first kappa shape index (κ1) is 9.38. The van der Waals surface area contributed by atoms with Gasteiger partial charge in [0.2, 0.25) is 5.91 Å². The van der Waals surface area contributed by atoms with Gasteiger partial charge in [-0.15, -0.1) is 0 Å². The predicted molar refractivity (Wildman–Crippen MR) is 50.2 cm³/mol. The fraction of sp³-hybridized carbons (Fsp3) is 0.222. The van der Waals surface area contributed by atoms with E-state index in [1.807, 2.05) is 12.1 Å². The number of rotatable bonds is 4. The van der Waals surface area contributed by atoms with E-state index >= 15 is 0 Å². The minimum Gasteiger partial charge on any atom is -0.491 e. The Morgan fingerprint density at radius 3 is 2.69 bits per heavy atom. The number of nitrogen functional groups attached to an aromatic ring is 1. The molecule has 0 saturated heterocycles. The van der Waals surface area contributed by atoms with Crippen LogP contribution in [0.15, 0.2) is 24.3 Å². The minimum absolute atomic E-state index is 0.203. The Bertz CT molecular complexity index is 299. The number of carbonyl (C=O) groups is 1. The smallest absolute Gasteiger partial charge is 0.220 e. The average molecular weight is 180 g/mol. The molecule has 0 atom stereocenters. The lowest BCUT2D eigenvalue weighted by atomic mass is 10.3. The third-order valence-corrected chi connectivity index (χ3v) is 1.53. The summed E-state index contributed by atoms with van der Waals surface area (Å²) in [7, 11) is 0. The molecule has 0 spiro atoms. The number of benzene rings is 1. The molecule has 70 valence electrons. The van der Waals surface area contributed by atoms with Crippen molar-refractivity contribution >= 4 is 11.6 Å². The SMILES string of the molecule is NC(=O)CCOc1ccccc1N. The van der Waals surface area contributed by atoms with Crippen LogP contribution < -0.4 is 16.2 Å². The van der Waals surface area contributed by atoms with E-state index in [0.29, 0.717) is 11.4 Å². The van der Waals surface area contributed by atoms with Gasteiger partial charge in [-0.3, -0.25) is 4.79 Å². The molecule has 4 N–H and O–H groups in total. The van der Waals surface area contributed by atoms with Crippen LogP contribution in [0.25, 0.3) is 0 Å². The fourth-order valence-electron chi connectivity index (χ4n) is 0.874. The molecular weight excluding hydrogens is 168 g/mol. The van der Waals surface area contributed by atoms with Crippen molar-refractivity contribution in [2.75, 3.05) is 12.3 Å². The van der Waals surface area contributed by atoms with E-state index in [4.69, 9.17) is 16.2 Å². The second-order valence-corrected chi connectivity index (χ2v) is 2.60. The molecule has 0 saturated carbocycles. The van der Waals surface area contributed by atoms with Crippen molar-refractivity contribution < 1.29 is 9.53 Å². The number of ether oxygens (including phenoxy) is 1. The summed E-state index contributed by atoms with van der Waals surface area (Å²) in [5.74, 6) is 0.207. The normalized spacial score (nSPS) is 9.54. The highest BCUT2D eigenvalue weighted by molar-refractivity contribution is 5.73. The van der Waals surface area contributed by atoms with Gasteiger partial charge in [0.05, 0.1) is 18.7 Å². The van der Waals surface area contributed by atoms with Crippen molar-refractivity contribution in [2.24, 2.45) is 5.73 Å². The first-order valence-corrected chi connectivity index (χ1v) is 3.96. The summed E-state index contributed by atoms with van der Waals surface area (Å²) >= 11 is 0. The van der Waals surface area contributed by atoms with Gasteiger partial charge in [-0.25, -0.2) is 0 Å². The van der Waals surface area contributed by atoms with Gasteiger partial charge in [0.25, 0.3) is 0 Å². The van der Waals surface area contributed by atoms with Gasteiger partial charge in [0.15, 0.2) is 0 Å². The van der Waals surface area contributed by atoms with Crippen LogP contribution in [-0.4, -0.2) is 12.5 Å². The topological polar surface area (TPSA) is 78.3 Å². The molecule has 0 unspecified atom stereocenters.